The third-order valence-corrected chi connectivity index (χ3v) is 6.07. The zero-order chi connectivity index (χ0) is 18.3. The molecule has 26 heavy (non-hydrogen) atoms. The Morgan fingerprint density at radius 3 is 3.00 bits per heavy atom. The van der Waals surface area contributed by atoms with E-state index < -0.39 is 17.2 Å². The molecule has 1 N–H and O–H groups in total. The van der Waals surface area contributed by atoms with Crippen molar-refractivity contribution in [2.45, 2.75) is 44.7 Å². The van der Waals surface area contributed by atoms with E-state index in [2.05, 4.69) is 15.2 Å². The number of nitrogens with zero attached hydrogens (tertiary/aromatic N) is 4. The van der Waals surface area contributed by atoms with E-state index in [4.69, 9.17) is 11.6 Å². The minimum atomic E-state index is -0.675. The van der Waals surface area contributed by atoms with Gasteiger partial charge in [0.05, 0.1) is 28.0 Å². The van der Waals surface area contributed by atoms with Crippen LogP contribution in [0.4, 0.5) is 4.39 Å². The van der Waals surface area contributed by atoms with Crippen LogP contribution in [0, 0.1) is 11.2 Å². The van der Waals surface area contributed by atoms with Crippen molar-refractivity contribution in [3.05, 3.63) is 40.9 Å². The van der Waals surface area contributed by atoms with Gasteiger partial charge >= 0.3 is 5.97 Å². The molecule has 1 aliphatic heterocycles. The summed E-state index contributed by atoms with van der Waals surface area (Å²) in [6, 6.07) is 4.17. The summed E-state index contributed by atoms with van der Waals surface area (Å²) in [5.41, 5.74) is 0.692. The number of aromatic nitrogens is 3. The van der Waals surface area contributed by atoms with Gasteiger partial charge in [-0.1, -0.05) is 29.7 Å². The third-order valence-electron chi connectivity index (χ3n) is 5.76. The predicted octanol–water partition coefficient (Wildman–Crippen LogP) is 3.28. The van der Waals surface area contributed by atoms with Crippen molar-refractivity contribution in [1.82, 2.24) is 19.9 Å². The topological polar surface area (TPSA) is 71.2 Å². The number of halogens is 2. The lowest BCUT2D eigenvalue weighted by Crippen LogP contribution is -2.46. The second-order valence-corrected chi connectivity index (χ2v) is 7.60. The number of aliphatic carboxylic acids is 1. The number of benzene rings is 1. The van der Waals surface area contributed by atoms with Crippen LogP contribution in [0.15, 0.2) is 24.4 Å². The Balaban J connectivity index is 1.54. The fourth-order valence-electron chi connectivity index (χ4n) is 4.45. The quantitative estimate of drug-likeness (QED) is 0.884. The molecule has 2 atom stereocenters. The van der Waals surface area contributed by atoms with Crippen LogP contribution in [-0.4, -0.2) is 43.6 Å². The monoisotopic (exact) mass is 378 g/mol. The molecule has 0 amide bonds. The minimum absolute atomic E-state index is 0.0494. The molecular weight excluding hydrogens is 359 g/mol. The molecule has 0 unspecified atom stereocenters. The summed E-state index contributed by atoms with van der Waals surface area (Å²) in [6.45, 7) is 1.31. The third kappa shape index (κ3) is 2.89. The van der Waals surface area contributed by atoms with Crippen LogP contribution in [0.2, 0.25) is 5.02 Å². The highest BCUT2D eigenvalue weighted by Gasteiger charge is 2.53. The molecule has 0 spiro atoms. The number of carbonyl (C=O) groups is 1. The van der Waals surface area contributed by atoms with Crippen LogP contribution >= 0.6 is 11.6 Å². The number of rotatable bonds is 4. The minimum Gasteiger partial charge on any atom is -0.481 e. The van der Waals surface area contributed by atoms with E-state index in [-0.39, 0.29) is 11.1 Å². The van der Waals surface area contributed by atoms with Gasteiger partial charge in [0.25, 0.3) is 0 Å². The molecule has 1 aromatic carbocycles. The van der Waals surface area contributed by atoms with Crippen molar-refractivity contribution in [3.63, 3.8) is 0 Å². The van der Waals surface area contributed by atoms with Crippen molar-refractivity contribution in [3.8, 4) is 5.69 Å². The van der Waals surface area contributed by atoms with Gasteiger partial charge in [0.1, 0.15) is 5.82 Å². The molecule has 0 bridgehead atoms. The van der Waals surface area contributed by atoms with E-state index in [0.717, 1.165) is 37.9 Å². The van der Waals surface area contributed by atoms with Gasteiger partial charge in [0, 0.05) is 19.1 Å². The van der Waals surface area contributed by atoms with E-state index in [1.165, 1.54) is 16.8 Å². The van der Waals surface area contributed by atoms with Crippen LogP contribution in [-0.2, 0) is 11.3 Å². The number of fused-ring (bicyclic) bond motifs is 1. The van der Waals surface area contributed by atoms with Gasteiger partial charge in [0.2, 0.25) is 0 Å². The lowest BCUT2D eigenvalue weighted by Gasteiger charge is -2.38. The summed E-state index contributed by atoms with van der Waals surface area (Å²) in [6.07, 6.45) is 6.16. The molecular formula is C18H20ClFN4O2. The lowest BCUT2D eigenvalue weighted by molar-refractivity contribution is -0.152. The predicted molar refractivity (Wildman–Crippen MR) is 93.7 cm³/mol. The van der Waals surface area contributed by atoms with Crippen LogP contribution in [0.3, 0.4) is 0 Å². The van der Waals surface area contributed by atoms with Gasteiger partial charge < -0.3 is 5.11 Å². The number of carboxylic acid groups (broad SMARTS) is 1. The lowest BCUT2D eigenvalue weighted by atomic mass is 9.70. The fraction of sp³-hybridized carbons (Fsp3) is 0.500. The number of hydrogen-bond donors (Lipinski definition) is 1. The van der Waals surface area contributed by atoms with Crippen LogP contribution < -0.4 is 0 Å². The molecule has 1 aromatic heterocycles. The molecule has 2 aromatic rings. The summed E-state index contributed by atoms with van der Waals surface area (Å²) < 4.78 is 14.7. The van der Waals surface area contributed by atoms with Crippen molar-refractivity contribution >= 4 is 17.6 Å². The molecule has 0 radical (unpaired) electrons. The maximum atomic E-state index is 13.2. The van der Waals surface area contributed by atoms with E-state index in [1.807, 2.05) is 0 Å². The van der Waals surface area contributed by atoms with Crippen molar-refractivity contribution in [2.24, 2.45) is 5.41 Å². The molecule has 1 aliphatic carbocycles. The SMILES string of the molecule is O=C(O)[C@@]12CCCC[C@@H]1N(Cc1cn(-c3ccc(F)cc3Cl)nn1)CC2. The Morgan fingerprint density at radius 2 is 2.23 bits per heavy atom. The first kappa shape index (κ1) is 17.4. The standard InChI is InChI=1S/C18H20ClFN4O2/c19-14-9-12(20)4-5-15(14)24-11-13(21-22-24)10-23-8-7-18(17(25)26)6-2-1-3-16(18)23/h4-5,9,11,16H,1-3,6-8,10H2,(H,25,26)/t16-,18+/m0/s1. The summed E-state index contributed by atoms with van der Waals surface area (Å²) in [5.74, 6) is -1.08. The summed E-state index contributed by atoms with van der Waals surface area (Å²) >= 11 is 6.08. The Morgan fingerprint density at radius 1 is 1.38 bits per heavy atom. The highest BCUT2D eigenvalue weighted by molar-refractivity contribution is 6.32. The fourth-order valence-corrected chi connectivity index (χ4v) is 4.71. The van der Waals surface area contributed by atoms with Gasteiger partial charge in [-0.15, -0.1) is 5.10 Å². The first-order valence-electron chi connectivity index (χ1n) is 8.84. The number of carboxylic acids is 1. The van der Waals surface area contributed by atoms with E-state index in [0.29, 0.717) is 18.7 Å². The molecule has 6 nitrogen and oxygen atoms in total. The molecule has 2 fully saturated rings. The van der Waals surface area contributed by atoms with Crippen LogP contribution in [0.1, 0.15) is 37.8 Å². The van der Waals surface area contributed by atoms with Gasteiger partial charge in [-0.3, -0.25) is 9.69 Å². The summed E-state index contributed by atoms with van der Waals surface area (Å²) in [5, 5.41) is 18.3. The van der Waals surface area contributed by atoms with E-state index in [1.54, 1.807) is 12.3 Å². The van der Waals surface area contributed by atoms with Crippen LogP contribution in [0.5, 0.6) is 0 Å². The molecule has 138 valence electrons. The second kappa shape index (κ2) is 6.63. The summed E-state index contributed by atoms with van der Waals surface area (Å²) in [7, 11) is 0. The Bertz CT molecular complexity index is 842. The molecule has 1 saturated heterocycles. The first-order chi connectivity index (χ1) is 12.5. The highest BCUT2D eigenvalue weighted by atomic mass is 35.5. The molecule has 2 aliphatic rings. The normalized spacial score (nSPS) is 26.0. The smallest absolute Gasteiger partial charge is 0.311 e. The van der Waals surface area contributed by atoms with E-state index >= 15 is 0 Å². The average molecular weight is 379 g/mol. The van der Waals surface area contributed by atoms with Gasteiger partial charge in [0.15, 0.2) is 0 Å². The summed E-state index contributed by atoms with van der Waals surface area (Å²) in [4.78, 5) is 14.1. The number of likely N-dealkylation sites (tertiary alicyclic amines) is 1. The Kier molecular flexibility index (Phi) is 4.44. The largest absolute Gasteiger partial charge is 0.481 e. The maximum Gasteiger partial charge on any atom is 0.311 e. The zero-order valence-electron chi connectivity index (χ0n) is 14.2. The van der Waals surface area contributed by atoms with Crippen molar-refractivity contribution < 1.29 is 14.3 Å². The average Bonchev–Trinajstić information content (AvgIpc) is 3.21. The molecule has 8 heteroatoms. The van der Waals surface area contributed by atoms with Crippen LogP contribution in [0.25, 0.3) is 5.69 Å². The van der Waals surface area contributed by atoms with Gasteiger partial charge in [-0.2, -0.15) is 0 Å². The zero-order valence-corrected chi connectivity index (χ0v) is 15.0. The Labute approximate surface area is 155 Å². The van der Waals surface area contributed by atoms with Crippen molar-refractivity contribution in [1.29, 1.82) is 0 Å². The van der Waals surface area contributed by atoms with E-state index in [9.17, 15) is 14.3 Å². The molecule has 2 heterocycles. The molecule has 4 rings (SSSR count). The highest BCUT2D eigenvalue weighted by Crippen LogP contribution is 2.47. The second-order valence-electron chi connectivity index (χ2n) is 7.19. The maximum absolute atomic E-state index is 13.2. The van der Waals surface area contributed by atoms with Crippen molar-refractivity contribution in [2.75, 3.05) is 6.54 Å². The van der Waals surface area contributed by atoms with Gasteiger partial charge in [-0.25, -0.2) is 9.07 Å². The van der Waals surface area contributed by atoms with Gasteiger partial charge in [-0.05, 0) is 37.5 Å². The first-order valence-corrected chi connectivity index (χ1v) is 9.21. The number of hydrogen-bond acceptors (Lipinski definition) is 4. The Hall–Kier alpha value is -1.99. The molecule has 1 saturated carbocycles.